The molecule has 156 valence electrons. The third-order valence-corrected chi connectivity index (χ3v) is 6.38. The molecule has 2 heterocycles. The summed E-state index contributed by atoms with van der Waals surface area (Å²) in [6.45, 7) is 3.88. The fourth-order valence-electron chi connectivity index (χ4n) is 3.59. The fraction of sp³-hybridized carbons (Fsp3) is 0.292. The van der Waals surface area contributed by atoms with E-state index in [-0.39, 0.29) is 5.37 Å². The third kappa shape index (κ3) is 4.55. The van der Waals surface area contributed by atoms with Crippen molar-refractivity contribution in [1.29, 1.82) is 0 Å². The van der Waals surface area contributed by atoms with Crippen molar-refractivity contribution >= 4 is 11.8 Å². The number of nitrogens with zero attached hydrogens (tertiary/aromatic N) is 2. The smallest absolute Gasteiger partial charge is 0.219 e. The zero-order chi connectivity index (χ0) is 20.9. The molecule has 0 saturated carbocycles. The molecule has 0 bridgehead atoms. The predicted octanol–water partition coefficient (Wildman–Crippen LogP) is 5.45. The van der Waals surface area contributed by atoms with Crippen molar-refractivity contribution in [1.82, 2.24) is 9.88 Å². The van der Waals surface area contributed by atoms with Crippen LogP contribution in [0.15, 0.2) is 60.8 Å². The van der Waals surface area contributed by atoms with Gasteiger partial charge in [0, 0.05) is 31.1 Å². The lowest BCUT2D eigenvalue weighted by Crippen LogP contribution is -2.23. The lowest BCUT2D eigenvalue weighted by atomic mass is 10.1. The van der Waals surface area contributed by atoms with Crippen LogP contribution in [-0.4, -0.2) is 36.4 Å². The number of aryl methyl sites for hydroxylation is 1. The molecule has 0 spiro atoms. The molecule has 1 aliphatic heterocycles. The number of rotatable bonds is 7. The average Bonchev–Trinajstić information content (AvgIpc) is 3.23. The van der Waals surface area contributed by atoms with Gasteiger partial charge in [0.1, 0.15) is 17.2 Å². The molecular weight excluding hydrogens is 396 g/mol. The Morgan fingerprint density at radius 3 is 2.37 bits per heavy atom. The maximum Gasteiger partial charge on any atom is 0.219 e. The minimum atomic E-state index is 0.198. The predicted molar refractivity (Wildman–Crippen MR) is 121 cm³/mol. The molecule has 1 aliphatic rings. The Morgan fingerprint density at radius 2 is 1.73 bits per heavy atom. The number of aromatic nitrogens is 1. The highest BCUT2D eigenvalue weighted by molar-refractivity contribution is 7.99. The van der Waals surface area contributed by atoms with Crippen LogP contribution in [0.5, 0.6) is 23.1 Å². The van der Waals surface area contributed by atoms with E-state index in [1.165, 1.54) is 5.56 Å². The van der Waals surface area contributed by atoms with E-state index in [2.05, 4.69) is 22.0 Å². The quantitative estimate of drug-likeness (QED) is 0.505. The van der Waals surface area contributed by atoms with E-state index in [0.717, 1.165) is 47.2 Å². The van der Waals surface area contributed by atoms with Gasteiger partial charge in [-0.2, -0.15) is 0 Å². The summed E-state index contributed by atoms with van der Waals surface area (Å²) in [5, 5.41) is 0.198. The largest absolute Gasteiger partial charge is 0.496 e. The van der Waals surface area contributed by atoms with Gasteiger partial charge in [-0.15, -0.1) is 11.8 Å². The molecule has 2 aromatic carbocycles. The van der Waals surface area contributed by atoms with Crippen molar-refractivity contribution in [3.8, 4) is 23.1 Å². The van der Waals surface area contributed by atoms with Gasteiger partial charge in [-0.05, 0) is 42.3 Å². The minimum Gasteiger partial charge on any atom is -0.496 e. The zero-order valence-electron chi connectivity index (χ0n) is 17.5. The number of benzene rings is 2. The molecule has 1 fully saturated rings. The highest BCUT2D eigenvalue weighted by Gasteiger charge is 2.31. The Morgan fingerprint density at radius 1 is 1.00 bits per heavy atom. The summed E-state index contributed by atoms with van der Waals surface area (Å²) in [6.07, 6.45) is 1.81. The average molecular weight is 423 g/mol. The van der Waals surface area contributed by atoms with Gasteiger partial charge in [-0.25, -0.2) is 4.98 Å². The van der Waals surface area contributed by atoms with E-state index in [1.807, 2.05) is 61.2 Å². The lowest BCUT2D eigenvalue weighted by molar-refractivity contribution is 0.269. The number of thioether (sulfide) groups is 1. The van der Waals surface area contributed by atoms with Crippen molar-refractivity contribution in [3.63, 3.8) is 0 Å². The number of methoxy groups -OCH3 is 2. The van der Waals surface area contributed by atoms with Crippen molar-refractivity contribution in [3.05, 3.63) is 77.5 Å². The molecule has 0 amide bonds. The summed E-state index contributed by atoms with van der Waals surface area (Å²) in [5.74, 6) is 4.20. The Bertz CT molecular complexity index is 954. The van der Waals surface area contributed by atoms with Gasteiger partial charge in [0.05, 0.1) is 25.2 Å². The second-order valence-electron chi connectivity index (χ2n) is 7.19. The lowest BCUT2D eigenvalue weighted by Gasteiger charge is -2.26. The first-order valence-corrected chi connectivity index (χ1v) is 11.0. The van der Waals surface area contributed by atoms with Crippen LogP contribution >= 0.6 is 11.8 Å². The molecule has 1 aromatic heterocycles. The van der Waals surface area contributed by atoms with Crippen molar-refractivity contribution in [2.75, 3.05) is 26.5 Å². The summed E-state index contributed by atoms with van der Waals surface area (Å²) in [6, 6.07) is 18.1. The van der Waals surface area contributed by atoms with Crippen LogP contribution in [0.1, 0.15) is 22.1 Å². The second kappa shape index (κ2) is 9.41. The second-order valence-corrected chi connectivity index (χ2v) is 8.38. The molecule has 1 atom stereocenters. The Balaban J connectivity index is 1.48. The summed E-state index contributed by atoms with van der Waals surface area (Å²) in [5.41, 5.74) is 3.46. The van der Waals surface area contributed by atoms with E-state index in [0.29, 0.717) is 5.88 Å². The Hall–Kier alpha value is -2.70. The normalized spacial score (nSPS) is 16.4. The van der Waals surface area contributed by atoms with Crippen LogP contribution in [0.25, 0.3) is 0 Å². The molecule has 0 radical (unpaired) electrons. The highest BCUT2D eigenvalue weighted by Crippen LogP contribution is 2.46. The van der Waals surface area contributed by atoms with Crippen molar-refractivity contribution < 1.29 is 14.2 Å². The molecule has 30 heavy (non-hydrogen) atoms. The van der Waals surface area contributed by atoms with Gasteiger partial charge >= 0.3 is 0 Å². The standard InChI is InChI=1S/C24H26N2O3S/c1-17-7-12-22(25-15-17)29-19-10-8-18(9-11-19)16-26-13-14-30-24(26)23-20(27-2)5-4-6-21(23)28-3/h4-12,15,24H,13-14,16H2,1-3H3. The number of hydrogen-bond acceptors (Lipinski definition) is 6. The summed E-state index contributed by atoms with van der Waals surface area (Å²) in [4.78, 5) is 6.76. The maximum absolute atomic E-state index is 5.85. The van der Waals surface area contributed by atoms with E-state index in [4.69, 9.17) is 14.2 Å². The molecule has 1 unspecified atom stereocenters. The van der Waals surface area contributed by atoms with Crippen LogP contribution in [0.4, 0.5) is 0 Å². The van der Waals surface area contributed by atoms with Crippen LogP contribution < -0.4 is 14.2 Å². The highest BCUT2D eigenvalue weighted by atomic mass is 32.2. The van der Waals surface area contributed by atoms with Crippen LogP contribution in [-0.2, 0) is 6.54 Å². The topological polar surface area (TPSA) is 43.8 Å². The zero-order valence-corrected chi connectivity index (χ0v) is 18.3. The maximum atomic E-state index is 5.85. The number of pyridine rings is 1. The molecule has 4 rings (SSSR count). The van der Waals surface area contributed by atoms with Gasteiger partial charge < -0.3 is 14.2 Å². The summed E-state index contributed by atoms with van der Waals surface area (Å²) in [7, 11) is 3.42. The molecule has 5 nitrogen and oxygen atoms in total. The summed E-state index contributed by atoms with van der Waals surface area (Å²) >= 11 is 1.92. The minimum absolute atomic E-state index is 0.198. The van der Waals surface area contributed by atoms with Crippen LogP contribution in [0, 0.1) is 6.92 Å². The Kier molecular flexibility index (Phi) is 6.45. The molecule has 1 saturated heterocycles. The first-order valence-electron chi connectivity index (χ1n) is 9.94. The molecule has 6 heteroatoms. The fourth-order valence-corrected chi connectivity index (χ4v) is 4.94. The van der Waals surface area contributed by atoms with Gasteiger partial charge in [-0.3, -0.25) is 4.90 Å². The van der Waals surface area contributed by atoms with Gasteiger partial charge in [0.25, 0.3) is 0 Å². The Labute approximate surface area is 182 Å². The van der Waals surface area contributed by atoms with Gasteiger partial charge in [-0.1, -0.05) is 24.3 Å². The first kappa shape index (κ1) is 20.6. The monoisotopic (exact) mass is 422 g/mol. The van der Waals surface area contributed by atoms with Gasteiger partial charge in [0.2, 0.25) is 5.88 Å². The third-order valence-electron chi connectivity index (χ3n) is 5.11. The SMILES string of the molecule is COc1cccc(OC)c1C1SCCN1Cc1ccc(Oc2ccc(C)cn2)cc1. The molecule has 0 N–H and O–H groups in total. The number of hydrogen-bond donors (Lipinski definition) is 0. The van der Waals surface area contributed by atoms with E-state index in [1.54, 1.807) is 20.4 Å². The van der Waals surface area contributed by atoms with E-state index in [9.17, 15) is 0 Å². The van der Waals surface area contributed by atoms with Crippen LogP contribution in [0.3, 0.4) is 0 Å². The van der Waals surface area contributed by atoms with Crippen LogP contribution in [0.2, 0.25) is 0 Å². The van der Waals surface area contributed by atoms with E-state index < -0.39 is 0 Å². The molecule has 0 aliphatic carbocycles. The van der Waals surface area contributed by atoms with E-state index >= 15 is 0 Å². The molecule has 3 aromatic rings. The van der Waals surface area contributed by atoms with Gasteiger partial charge in [0.15, 0.2) is 0 Å². The van der Waals surface area contributed by atoms with Crippen molar-refractivity contribution in [2.45, 2.75) is 18.8 Å². The number of ether oxygens (including phenoxy) is 3. The summed E-state index contributed by atoms with van der Waals surface area (Å²) < 4.78 is 17.1. The van der Waals surface area contributed by atoms with Crippen molar-refractivity contribution in [2.24, 2.45) is 0 Å². The molecular formula is C24H26N2O3S. The first-order chi connectivity index (χ1) is 14.7.